The minimum absolute atomic E-state index is 0. The van der Waals surface area contributed by atoms with E-state index in [-0.39, 0.29) is 35.5 Å². The first-order valence-electron chi connectivity index (χ1n) is 4.15. The number of hydrogen-bond donors (Lipinski definition) is 1. The number of carboxylic acids is 1. The van der Waals surface area contributed by atoms with Gasteiger partial charge in [-0.2, -0.15) is 0 Å². The molecule has 1 rings (SSSR count). The summed E-state index contributed by atoms with van der Waals surface area (Å²) in [6.45, 7) is 0.694. The van der Waals surface area contributed by atoms with Crippen molar-refractivity contribution in [2.45, 2.75) is 25.7 Å². The maximum atomic E-state index is 10.4. The molecular weight excluding hydrogens is 165 g/mol. The summed E-state index contributed by atoms with van der Waals surface area (Å²) >= 11 is 0. The van der Waals surface area contributed by atoms with Crippen molar-refractivity contribution in [3.63, 3.8) is 0 Å². The zero-order chi connectivity index (χ0) is 8.27. The summed E-state index contributed by atoms with van der Waals surface area (Å²) in [6.07, 6.45) is 3.42. The molecule has 1 aliphatic rings. The second kappa shape index (κ2) is 5.97. The molecule has 0 unspecified atom stereocenters. The molecule has 0 aromatic heterocycles. The largest absolute Gasteiger partial charge is 1.00 e. The molecule has 0 atom stereocenters. The molecule has 0 aromatic rings. The molecule has 0 spiro atoms. The van der Waals surface area contributed by atoms with Crippen LogP contribution in [0.4, 0.5) is 0 Å². The Morgan fingerprint density at radius 1 is 1.33 bits per heavy atom. The van der Waals surface area contributed by atoms with Gasteiger partial charge in [0, 0.05) is 5.97 Å². The Hall–Kier alpha value is 0.430. The van der Waals surface area contributed by atoms with E-state index in [2.05, 4.69) is 0 Å². The average molecular weight is 179 g/mol. The van der Waals surface area contributed by atoms with Gasteiger partial charge in [-0.3, -0.25) is 0 Å². The van der Waals surface area contributed by atoms with Crippen LogP contribution in [0.1, 0.15) is 25.7 Å². The van der Waals surface area contributed by atoms with E-state index in [1.807, 2.05) is 0 Å². The summed E-state index contributed by atoms with van der Waals surface area (Å²) in [7, 11) is 0. The third-order valence-corrected chi connectivity index (χ3v) is 2.51. The molecule has 3 nitrogen and oxygen atoms in total. The quantitative estimate of drug-likeness (QED) is 0.447. The maximum absolute atomic E-state index is 10.4. The van der Waals surface area contributed by atoms with Gasteiger partial charge in [0.15, 0.2) is 0 Å². The summed E-state index contributed by atoms with van der Waals surface area (Å²) in [4.78, 5) is 10.4. The molecule has 12 heavy (non-hydrogen) atoms. The number of aliphatic carboxylic acids is 1. The second-order valence-electron chi connectivity index (χ2n) is 3.27. The summed E-state index contributed by atoms with van der Waals surface area (Å²) in [5.41, 5.74) is 5.46. The van der Waals surface area contributed by atoms with E-state index in [1.165, 1.54) is 0 Å². The standard InChI is InChI=1S/C8H15NO2.Na/c9-5-6-1-3-7(4-2-6)8(10)11;/h6-7H,1-5,9H2,(H,10,11);/q;+1/p-1. The van der Waals surface area contributed by atoms with Crippen LogP contribution in [0.2, 0.25) is 0 Å². The van der Waals surface area contributed by atoms with E-state index < -0.39 is 5.97 Å². The number of carbonyl (C=O) groups is 1. The molecule has 0 heterocycles. The second-order valence-corrected chi connectivity index (χ2v) is 3.27. The van der Waals surface area contributed by atoms with Crippen molar-refractivity contribution >= 4 is 5.97 Å². The van der Waals surface area contributed by atoms with Crippen molar-refractivity contribution in [2.24, 2.45) is 17.6 Å². The molecule has 2 N–H and O–H groups in total. The fourth-order valence-electron chi connectivity index (χ4n) is 1.63. The summed E-state index contributed by atoms with van der Waals surface area (Å²) in [5.74, 6) is -0.552. The van der Waals surface area contributed by atoms with Crippen molar-refractivity contribution < 1.29 is 39.5 Å². The number of carboxylic acid groups (broad SMARTS) is 1. The van der Waals surface area contributed by atoms with Gasteiger partial charge in [-0.25, -0.2) is 0 Å². The van der Waals surface area contributed by atoms with Gasteiger partial charge in [0.25, 0.3) is 0 Å². The zero-order valence-corrected chi connectivity index (χ0v) is 9.58. The number of carbonyl (C=O) groups excluding carboxylic acids is 1. The van der Waals surface area contributed by atoms with E-state index in [9.17, 15) is 9.90 Å². The van der Waals surface area contributed by atoms with Crippen LogP contribution < -0.4 is 40.4 Å². The predicted molar refractivity (Wildman–Crippen MR) is 39.5 cm³/mol. The van der Waals surface area contributed by atoms with Crippen molar-refractivity contribution in [1.29, 1.82) is 0 Å². The van der Waals surface area contributed by atoms with Gasteiger partial charge in [0.05, 0.1) is 0 Å². The van der Waals surface area contributed by atoms with Crippen LogP contribution in [0.25, 0.3) is 0 Å². The van der Waals surface area contributed by atoms with Crippen LogP contribution >= 0.6 is 0 Å². The molecule has 4 heteroatoms. The summed E-state index contributed by atoms with van der Waals surface area (Å²) < 4.78 is 0. The van der Waals surface area contributed by atoms with Gasteiger partial charge in [0.2, 0.25) is 0 Å². The van der Waals surface area contributed by atoms with Gasteiger partial charge >= 0.3 is 29.6 Å². The van der Waals surface area contributed by atoms with Gasteiger partial charge in [-0.15, -0.1) is 0 Å². The monoisotopic (exact) mass is 179 g/mol. The molecule has 0 bridgehead atoms. The molecule has 0 aliphatic heterocycles. The molecule has 1 saturated carbocycles. The van der Waals surface area contributed by atoms with E-state index in [1.54, 1.807) is 0 Å². The fraction of sp³-hybridized carbons (Fsp3) is 0.875. The minimum Gasteiger partial charge on any atom is -0.550 e. The van der Waals surface area contributed by atoms with E-state index in [4.69, 9.17) is 5.73 Å². The Morgan fingerprint density at radius 3 is 2.17 bits per heavy atom. The van der Waals surface area contributed by atoms with Gasteiger partial charge in [0.1, 0.15) is 0 Å². The van der Waals surface area contributed by atoms with Crippen LogP contribution in [0.15, 0.2) is 0 Å². The molecular formula is C8H14NNaO2. The zero-order valence-electron chi connectivity index (χ0n) is 7.58. The molecule has 0 amide bonds. The first-order chi connectivity index (χ1) is 5.24. The molecule has 0 aromatic carbocycles. The van der Waals surface area contributed by atoms with Crippen molar-refractivity contribution in [3.8, 4) is 0 Å². The Balaban J connectivity index is 0.00000121. The SMILES string of the molecule is NCC1CCC(C(=O)[O-])CC1.[Na+]. The van der Waals surface area contributed by atoms with Gasteiger partial charge < -0.3 is 15.6 Å². The van der Waals surface area contributed by atoms with Crippen molar-refractivity contribution in [3.05, 3.63) is 0 Å². The van der Waals surface area contributed by atoms with Gasteiger partial charge in [-0.1, -0.05) is 0 Å². The predicted octanol–water partition coefficient (Wildman–Crippen LogP) is -3.49. The Kier molecular flexibility index (Phi) is 6.19. The molecule has 0 saturated heterocycles. The van der Waals surface area contributed by atoms with Crippen LogP contribution in [0, 0.1) is 11.8 Å². The number of rotatable bonds is 2. The molecule has 1 fully saturated rings. The van der Waals surface area contributed by atoms with Crippen molar-refractivity contribution in [2.75, 3.05) is 6.54 Å². The van der Waals surface area contributed by atoms with Crippen LogP contribution in [0.3, 0.4) is 0 Å². The number of nitrogens with two attached hydrogens (primary N) is 1. The maximum Gasteiger partial charge on any atom is 1.00 e. The van der Waals surface area contributed by atoms with E-state index in [0.717, 1.165) is 25.7 Å². The normalized spacial score (nSPS) is 29.1. The average Bonchev–Trinajstić information content (AvgIpc) is 2.05. The van der Waals surface area contributed by atoms with E-state index in [0.29, 0.717) is 12.5 Å². The Labute approximate surface area is 95.0 Å². The first-order valence-corrected chi connectivity index (χ1v) is 4.15. The van der Waals surface area contributed by atoms with E-state index >= 15 is 0 Å². The molecule has 1 aliphatic carbocycles. The van der Waals surface area contributed by atoms with Crippen molar-refractivity contribution in [1.82, 2.24) is 0 Å². The Bertz CT molecular complexity index is 144. The molecule has 64 valence electrons. The summed E-state index contributed by atoms with van der Waals surface area (Å²) in [6, 6.07) is 0. The topological polar surface area (TPSA) is 66.2 Å². The minimum atomic E-state index is -0.888. The summed E-state index contributed by atoms with van der Waals surface area (Å²) in [5, 5.41) is 10.4. The van der Waals surface area contributed by atoms with Crippen LogP contribution in [-0.4, -0.2) is 12.5 Å². The molecule has 0 radical (unpaired) electrons. The van der Waals surface area contributed by atoms with Crippen LogP contribution in [-0.2, 0) is 4.79 Å². The third kappa shape index (κ3) is 3.44. The first kappa shape index (κ1) is 12.4. The number of hydrogen-bond acceptors (Lipinski definition) is 3. The Morgan fingerprint density at radius 2 is 1.83 bits per heavy atom. The smallest absolute Gasteiger partial charge is 0.550 e. The van der Waals surface area contributed by atoms with Crippen LogP contribution in [0.5, 0.6) is 0 Å². The third-order valence-electron chi connectivity index (χ3n) is 2.51. The fourth-order valence-corrected chi connectivity index (χ4v) is 1.63. The van der Waals surface area contributed by atoms with Gasteiger partial charge in [-0.05, 0) is 44.1 Å².